The Bertz CT molecular complexity index is 610. The summed E-state index contributed by atoms with van der Waals surface area (Å²) >= 11 is 0. The van der Waals surface area contributed by atoms with Gasteiger partial charge in [-0.25, -0.2) is 0 Å². The van der Waals surface area contributed by atoms with Crippen molar-refractivity contribution < 1.29 is 14.3 Å². The Kier molecular flexibility index (Phi) is 6.49. The van der Waals surface area contributed by atoms with Crippen LogP contribution >= 0.6 is 0 Å². The molecule has 1 aliphatic rings. The number of rotatable bonds is 5. The van der Waals surface area contributed by atoms with Crippen LogP contribution in [-0.2, 0) is 9.59 Å². The first-order chi connectivity index (χ1) is 11.1. The molecule has 1 saturated carbocycles. The second-order valence-electron chi connectivity index (χ2n) is 5.55. The molecular weight excluding hydrogens is 292 g/mol. The van der Waals surface area contributed by atoms with Gasteiger partial charge < -0.3 is 15.4 Å². The zero-order valence-corrected chi connectivity index (χ0v) is 13.4. The molecule has 1 aromatic rings. The van der Waals surface area contributed by atoms with Crippen molar-refractivity contribution in [2.75, 3.05) is 18.5 Å². The lowest BCUT2D eigenvalue weighted by atomic mass is 10.1. The molecular formula is C18H22N2O3. The van der Waals surface area contributed by atoms with Crippen LogP contribution in [0.1, 0.15) is 32.6 Å². The highest BCUT2D eigenvalue weighted by atomic mass is 16.5. The highest BCUT2D eigenvalue weighted by Crippen LogP contribution is 2.24. The Morgan fingerprint density at radius 3 is 2.78 bits per heavy atom. The zero-order chi connectivity index (χ0) is 16.5. The number of carbonyl (C=O) groups is 2. The molecule has 0 aromatic heterocycles. The minimum atomic E-state index is -0.125. The number of benzene rings is 1. The summed E-state index contributed by atoms with van der Waals surface area (Å²) in [6, 6.07) is 7.13. The maximum absolute atomic E-state index is 11.8. The summed E-state index contributed by atoms with van der Waals surface area (Å²) in [7, 11) is 0. The van der Waals surface area contributed by atoms with Gasteiger partial charge in [-0.2, -0.15) is 0 Å². The van der Waals surface area contributed by atoms with E-state index in [4.69, 9.17) is 4.74 Å². The van der Waals surface area contributed by atoms with E-state index in [1.165, 1.54) is 6.92 Å². The van der Waals surface area contributed by atoms with Crippen molar-refractivity contribution in [2.45, 2.75) is 32.6 Å². The third-order valence-electron chi connectivity index (χ3n) is 3.67. The Balaban J connectivity index is 1.68. The van der Waals surface area contributed by atoms with Gasteiger partial charge >= 0.3 is 0 Å². The molecule has 2 amide bonds. The van der Waals surface area contributed by atoms with E-state index in [1.54, 1.807) is 24.3 Å². The summed E-state index contributed by atoms with van der Waals surface area (Å²) < 4.78 is 5.50. The number of hydrogen-bond acceptors (Lipinski definition) is 3. The molecule has 1 aliphatic carbocycles. The van der Waals surface area contributed by atoms with Crippen LogP contribution in [0.25, 0.3) is 0 Å². The summed E-state index contributed by atoms with van der Waals surface area (Å²) in [4.78, 5) is 22.8. The lowest BCUT2D eigenvalue weighted by Gasteiger charge is -2.07. The first-order valence-electron chi connectivity index (χ1n) is 7.89. The highest BCUT2D eigenvalue weighted by molar-refractivity contribution is 5.88. The van der Waals surface area contributed by atoms with Crippen molar-refractivity contribution in [1.82, 2.24) is 5.32 Å². The second kappa shape index (κ2) is 8.84. The maximum atomic E-state index is 11.8. The highest BCUT2D eigenvalue weighted by Gasteiger charge is 2.21. The molecule has 122 valence electrons. The van der Waals surface area contributed by atoms with Gasteiger partial charge in [0.1, 0.15) is 12.4 Å². The van der Waals surface area contributed by atoms with Crippen LogP contribution in [0.5, 0.6) is 5.75 Å². The molecule has 0 saturated heterocycles. The van der Waals surface area contributed by atoms with Crippen LogP contribution in [0, 0.1) is 17.8 Å². The first kappa shape index (κ1) is 16.9. The molecule has 5 heteroatoms. The molecule has 23 heavy (non-hydrogen) atoms. The van der Waals surface area contributed by atoms with Crippen LogP contribution in [-0.4, -0.2) is 25.0 Å². The zero-order valence-electron chi connectivity index (χ0n) is 13.4. The van der Waals surface area contributed by atoms with E-state index in [-0.39, 0.29) is 24.3 Å². The molecule has 0 bridgehead atoms. The molecule has 0 radical (unpaired) electrons. The molecule has 0 unspecified atom stereocenters. The van der Waals surface area contributed by atoms with Gasteiger partial charge in [0.2, 0.25) is 11.8 Å². The largest absolute Gasteiger partial charge is 0.481 e. The van der Waals surface area contributed by atoms with Crippen molar-refractivity contribution in [3.63, 3.8) is 0 Å². The van der Waals surface area contributed by atoms with Crippen molar-refractivity contribution >= 4 is 17.5 Å². The third kappa shape index (κ3) is 6.03. The number of ether oxygens (including phenoxy) is 1. The SMILES string of the molecule is CC(=O)Nc1cccc(OCC#CCNC(=O)C2CCCC2)c1. The lowest BCUT2D eigenvalue weighted by Crippen LogP contribution is -2.29. The van der Waals surface area contributed by atoms with Crippen LogP contribution in [0.15, 0.2) is 24.3 Å². The maximum Gasteiger partial charge on any atom is 0.223 e. The molecule has 5 nitrogen and oxygen atoms in total. The van der Waals surface area contributed by atoms with Gasteiger partial charge in [0, 0.05) is 24.6 Å². The number of hydrogen-bond donors (Lipinski definition) is 2. The fraction of sp³-hybridized carbons (Fsp3) is 0.444. The average molecular weight is 314 g/mol. The molecule has 0 aliphatic heterocycles. The minimum Gasteiger partial charge on any atom is -0.481 e. The molecule has 0 heterocycles. The Morgan fingerprint density at radius 1 is 1.26 bits per heavy atom. The summed E-state index contributed by atoms with van der Waals surface area (Å²) in [5.74, 6) is 6.54. The normalized spacial score (nSPS) is 13.8. The van der Waals surface area contributed by atoms with E-state index in [1.807, 2.05) is 0 Å². The fourth-order valence-electron chi connectivity index (χ4n) is 2.56. The molecule has 1 aromatic carbocycles. The lowest BCUT2D eigenvalue weighted by molar-refractivity contribution is -0.124. The van der Waals surface area contributed by atoms with E-state index in [2.05, 4.69) is 22.5 Å². The van der Waals surface area contributed by atoms with Gasteiger partial charge in [-0.3, -0.25) is 9.59 Å². The summed E-state index contributed by atoms with van der Waals surface area (Å²) in [6.07, 6.45) is 4.28. The molecule has 0 spiro atoms. The average Bonchev–Trinajstić information content (AvgIpc) is 3.04. The number of nitrogens with one attached hydrogen (secondary N) is 2. The Morgan fingerprint density at radius 2 is 2.04 bits per heavy atom. The van der Waals surface area contributed by atoms with Crippen LogP contribution < -0.4 is 15.4 Å². The summed E-state index contributed by atoms with van der Waals surface area (Å²) in [6.45, 7) is 2.05. The molecule has 0 atom stereocenters. The number of carbonyl (C=O) groups excluding carboxylic acids is 2. The van der Waals surface area contributed by atoms with Crippen molar-refractivity contribution in [1.29, 1.82) is 0 Å². The minimum absolute atomic E-state index is 0.112. The van der Waals surface area contributed by atoms with Crippen molar-refractivity contribution in [3.05, 3.63) is 24.3 Å². The fourth-order valence-corrected chi connectivity index (χ4v) is 2.56. The predicted octanol–water partition coefficient (Wildman–Crippen LogP) is 2.33. The van der Waals surface area contributed by atoms with E-state index in [9.17, 15) is 9.59 Å². The van der Waals surface area contributed by atoms with E-state index < -0.39 is 0 Å². The Hall–Kier alpha value is -2.48. The van der Waals surface area contributed by atoms with Crippen LogP contribution in [0.4, 0.5) is 5.69 Å². The standard InChI is InChI=1S/C18H22N2O3/c1-14(21)20-16-9-6-10-17(13-16)23-12-5-4-11-19-18(22)15-7-2-3-8-15/h6,9-10,13,15H,2-3,7-8,11-12H2,1H3,(H,19,22)(H,20,21). The third-order valence-corrected chi connectivity index (χ3v) is 3.67. The van der Waals surface area contributed by atoms with Gasteiger partial charge in [0.15, 0.2) is 0 Å². The molecule has 2 N–H and O–H groups in total. The van der Waals surface area contributed by atoms with Gasteiger partial charge in [-0.1, -0.05) is 30.7 Å². The Labute approximate surface area is 136 Å². The molecule has 1 fully saturated rings. The van der Waals surface area contributed by atoms with E-state index in [0.29, 0.717) is 18.0 Å². The molecule has 2 rings (SSSR count). The van der Waals surface area contributed by atoms with Gasteiger partial charge in [0.05, 0.1) is 6.54 Å². The van der Waals surface area contributed by atoms with Gasteiger partial charge in [0.25, 0.3) is 0 Å². The topological polar surface area (TPSA) is 67.4 Å². The van der Waals surface area contributed by atoms with Gasteiger partial charge in [-0.05, 0) is 25.0 Å². The smallest absolute Gasteiger partial charge is 0.223 e. The number of anilines is 1. The van der Waals surface area contributed by atoms with Crippen LogP contribution in [0.2, 0.25) is 0 Å². The quantitative estimate of drug-likeness (QED) is 0.820. The summed E-state index contributed by atoms with van der Waals surface area (Å²) in [5, 5.41) is 5.53. The monoisotopic (exact) mass is 314 g/mol. The first-order valence-corrected chi connectivity index (χ1v) is 7.89. The predicted molar refractivity (Wildman–Crippen MR) is 89.0 cm³/mol. The summed E-state index contributed by atoms with van der Waals surface area (Å²) in [5.41, 5.74) is 0.687. The van der Waals surface area contributed by atoms with E-state index >= 15 is 0 Å². The second-order valence-corrected chi connectivity index (χ2v) is 5.55. The number of amides is 2. The van der Waals surface area contributed by atoms with E-state index in [0.717, 1.165) is 25.7 Å². The van der Waals surface area contributed by atoms with Crippen LogP contribution in [0.3, 0.4) is 0 Å². The van der Waals surface area contributed by atoms with Gasteiger partial charge in [-0.15, -0.1) is 0 Å². The van der Waals surface area contributed by atoms with Crippen molar-refractivity contribution in [2.24, 2.45) is 5.92 Å². The van der Waals surface area contributed by atoms with Crippen molar-refractivity contribution in [3.8, 4) is 17.6 Å².